The monoisotopic (exact) mass is 863 g/mol. The summed E-state index contributed by atoms with van der Waals surface area (Å²) < 4.78 is 0. The van der Waals surface area contributed by atoms with Gasteiger partial charge < -0.3 is 4.90 Å². The first-order valence-corrected chi connectivity index (χ1v) is 23.6. The average Bonchev–Trinajstić information content (AvgIpc) is 3.72. The lowest BCUT2D eigenvalue weighted by atomic mass is 9.68. The molecule has 0 radical (unpaired) electrons. The smallest absolute Gasteiger partial charge is 0.0713 e. The third kappa shape index (κ3) is 6.24. The van der Waals surface area contributed by atoms with Crippen molar-refractivity contribution in [2.45, 2.75) is 5.41 Å². The Hall–Kier alpha value is -8.78. The molecule has 12 aromatic rings. The van der Waals surface area contributed by atoms with Crippen molar-refractivity contribution in [2.75, 3.05) is 4.90 Å². The zero-order chi connectivity index (χ0) is 45.0. The lowest BCUT2D eigenvalue weighted by molar-refractivity contribution is 0.768. The number of anilines is 3. The molecule has 12 aromatic carbocycles. The van der Waals surface area contributed by atoms with E-state index in [9.17, 15) is 0 Å². The zero-order valence-corrected chi connectivity index (χ0v) is 37.4. The fourth-order valence-corrected chi connectivity index (χ4v) is 11.4. The Morgan fingerprint density at radius 3 is 1.54 bits per heavy atom. The third-order valence-electron chi connectivity index (χ3n) is 14.3. The van der Waals surface area contributed by atoms with Crippen molar-refractivity contribution in [3.63, 3.8) is 0 Å². The lowest BCUT2D eigenvalue weighted by Gasteiger charge is -2.34. The third-order valence-corrected chi connectivity index (χ3v) is 14.3. The molecule has 1 aliphatic carbocycles. The normalized spacial score (nSPS) is 12.5. The molecular weight excluding hydrogens is 819 g/mol. The highest BCUT2D eigenvalue weighted by atomic mass is 15.1. The van der Waals surface area contributed by atoms with E-state index in [0.717, 1.165) is 22.6 Å². The number of nitrogens with zero attached hydrogens (tertiary/aromatic N) is 1. The molecule has 1 heteroatoms. The van der Waals surface area contributed by atoms with Gasteiger partial charge in [-0.1, -0.05) is 237 Å². The zero-order valence-electron chi connectivity index (χ0n) is 37.4. The molecule has 318 valence electrons. The first kappa shape index (κ1) is 39.6. The summed E-state index contributed by atoms with van der Waals surface area (Å²) in [5.74, 6) is 0. The fourth-order valence-electron chi connectivity index (χ4n) is 11.4. The van der Waals surface area contributed by atoms with Gasteiger partial charge in [0.1, 0.15) is 0 Å². The maximum absolute atomic E-state index is 2.48. The van der Waals surface area contributed by atoms with Crippen molar-refractivity contribution in [3.05, 3.63) is 295 Å². The van der Waals surface area contributed by atoms with Crippen molar-refractivity contribution in [2.24, 2.45) is 0 Å². The molecular formula is C67H45N. The van der Waals surface area contributed by atoms with Crippen LogP contribution in [0, 0.1) is 0 Å². The fraction of sp³-hybridized carbons (Fsp3) is 0.0149. The van der Waals surface area contributed by atoms with Crippen molar-refractivity contribution >= 4 is 49.4 Å². The number of hydrogen-bond donors (Lipinski definition) is 0. The molecule has 0 saturated heterocycles. The highest BCUT2D eigenvalue weighted by molar-refractivity contribution is 6.14. The standard InChI is InChI=1S/C67H45N/c1-4-21-48(22-5-1)66-55-29-13-10-20-46(55)38-42-60(66)59-33-17-19-35-65(59)68(52-39-36-47(37-40-52)61-44-49-23-11-12-28-54(49)56-30-14-15-31-57(56)61)53-41-43-64-62(45-53)58-32-16-18-34-63(58)67(64,50-24-6-2-7-25-50)51-26-8-3-9-27-51/h1-45H. The molecule has 0 aliphatic heterocycles. The van der Waals surface area contributed by atoms with Crippen molar-refractivity contribution in [1.29, 1.82) is 0 Å². The first-order chi connectivity index (χ1) is 33.8. The van der Waals surface area contributed by atoms with Gasteiger partial charge in [0.15, 0.2) is 0 Å². The van der Waals surface area contributed by atoms with Gasteiger partial charge in [0, 0.05) is 16.9 Å². The molecule has 68 heavy (non-hydrogen) atoms. The quantitative estimate of drug-likeness (QED) is 0.138. The van der Waals surface area contributed by atoms with Crippen LogP contribution in [0.4, 0.5) is 17.1 Å². The van der Waals surface area contributed by atoms with Crippen LogP contribution >= 0.6 is 0 Å². The van der Waals surface area contributed by atoms with Gasteiger partial charge in [-0.2, -0.15) is 0 Å². The number of benzene rings is 12. The second-order valence-electron chi connectivity index (χ2n) is 17.9. The molecule has 0 heterocycles. The van der Waals surface area contributed by atoms with Crippen LogP contribution < -0.4 is 4.90 Å². The maximum Gasteiger partial charge on any atom is 0.0713 e. The maximum atomic E-state index is 2.48. The highest BCUT2D eigenvalue weighted by Gasteiger charge is 2.46. The molecule has 1 aliphatic rings. The Morgan fingerprint density at radius 1 is 0.265 bits per heavy atom. The summed E-state index contributed by atoms with van der Waals surface area (Å²) in [5, 5.41) is 7.49. The molecule has 0 N–H and O–H groups in total. The van der Waals surface area contributed by atoms with Crippen LogP contribution in [-0.4, -0.2) is 0 Å². The van der Waals surface area contributed by atoms with Crippen LogP contribution in [0.3, 0.4) is 0 Å². The van der Waals surface area contributed by atoms with E-state index in [4.69, 9.17) is 0 Å². The predicted molar refractivity (Wildman–Crippen MR) is 287 cm³/mol. The number of para-hydroxylation sites is 1. The second-order valence-corrected chi connectivity index (χ2v) is 17.9. The molecule has 0 atom stereocenters. The molecule has 0 bridgehead atoms. The summed E-state index contributed by atoms with van der Waals surface area (Å²) >= 11 is 0. The van der Waals surface area contributed by atoms with E-state index in [1.807, 2.05) is 0 Å². The van der Waals surface area contributed by atoms with Crippen LogP contribution in [0.2, 0.25) is 0 Å². The molecule has 1 nitrogen and oxygen atoms in total. The van der Waals surface area contributed by atoms with Crippen molar-refractivity contribution in [3.8, 4) is 44.5 Å². The van der Waals surface area contributed by atoms with Crippen molar-refractivity contribution in [1.82, 2.24) is 0 Å². The van der Waals surface area contributed by atoms with E-state index in [-0.39, 0.29) is 0 Å². The molecule has 13 rings (SSSR count). The Kier molecular flexibility index (Phi) is 9.47. The van der Waals surface area contributed by atoms with Gasteiger partial charge in [0.2, 0.25) is 0 Å². The minimum Gasteiger partial charge on any atom is -0.310 e. The second kappa shape index (κ2) is 16.3. The van der Waals surface area contributed by atoms with Gasteiger partial charge in [0.25, 0.3) is 0 Å². The summed E-state index contributed by atoms with van der Waals surface area (Å²) in [6, 6.07) is 101. The summed E-state index contributed by atoms with van der Waals surface area (Å²) in [7, 11) is 0. The van der Waals surface area contributed by atoms with E-state index >= 15 is 0 Å². The predicted octanol–water partition coefficient (Wildman–Crippen LogP) is 18.0. The molecule has 0 unspecified atom stereocenters. The van der Waals surface area contributed by atoms with Gasteiger partial charge in [-0.3, -0.25) is 0 Å². The van der Waals surface area contributed by atoms with Gasteiger partial charge in [-0.15, -0.1) is 0 Å². The summed E-state index contributed by atoms with van der Waals surface area (Å²) in [4.78, 5) is 2.48. The topological polar surface area (TPSA) is 3.24 Å². The Labute approximate surface area is 397 Å². The van der Waals surface area contributed by atoms with Crippen LogP contribution in [0.15, 0.2) is 273 Å². The summed E-state index contributed by atoms with van der Waals surface area (Å²) in [6.45, 7) is 0. The van der Waals surface area contributed by atoms with Crippen LogP contribution in [0.1, 0.15) is 22.3 Å². The first-order valence-electron chi connectivity index (χ1n) is 23.6. The summed E-state index contributed by atoms with van der Waals surface area (Å²) in [5.41, 5.74) is 17.6. The largest absolute Gasteiger partial charge is 0.310 e. The Bertz CT molecular complexity index is 3800. The SMILES string of the molecule is c1ccc(-c2c(-c3ccccc3N(c3ccc(-c4cc5ccccc5c5ccccc45)cc3)c3ccc4c(c3)-c3ccccc3C4(c3ccccc3)c3ccccc3)ccc3ccccc23)cc1. The van der Waals surface area contributed by atoms with Crippen LogP contribution in [0.25, 0.3) is 76.8 Å². The van der Waals surface area contributed by atoms with E-state index in [2.05, 4.69) is 278 Å². The Morgan fingerprint density at radius 2 is 0.809 bits per heavy atom. The van der Waals surface area contributed by atoms with E-state index < -0.39 is 5.41 Å². The van der Waals surface area contributed by atoms with Gasteiger partial charge in [-0.05, 0) is 130 Å². The molecule has 0 spiro atoms. The number of hydrogen-bond acceptors (Lipinski definition) is 1. The number of fused-ring (bicyclic) bond motifs is 7. The molecule has 0 amide bonds. The summed E-state index contributed by atoms with van der Waals surface area (Å²) in [6.07, 6.45) is 0. The average molecular weight is 864 g/mol. The lowest BCUT2D eigenvalue weighted by Crippen LogP contribution is -2.28. The van der Waals surface area contributed by atoms with Crippen LogP contribution in [0.5, 0.6) is 0 Å². The molecule has 0 fully saturated rings. The van der Waals surface area contributed by atoms with E-state index in [1.54, 1.807) is 0 Å². The van der Waals surface area contributed by atoms with Crippen LogP contribution in [-0.2, 0) is 5.41 Å². The van der Waals surface area contributed by atoms with Crippen molar-refractivity contribution < 1.29 is 0 Å². The van der Waals surface area contributed by atoms with Gasteiger partial charge >= 0.3 is 0 Å². The van der Waals surface area contributed by atoms with E-state index in [0.29, 0.717) is 0 Å². The minimum atomic E-state index is -0.490. The highest BCUT2D eigenvalue weighted by Crippen LogP contribution is 2.57. The Balaban J connectivity index is 1.05. The molecule has 0 aromatic heterocycles. The molecule has 0 saturated carbocycles. The van der Waals surface area contributed by atoms with E-state index in [1.165, 1.54) is 93.5 Å². The minimum absolute atomic E-state index is 0.490. The van der Waals surface area contributed by atoms with Gasteiger partial charge in [-0.25, -0.2) is 0 Å². The van der Waals surface area contributed by atoms with Gasteiger partial charge in [0.05, 0.1) is 11.1 Å². The number of rotatable bonds is 8.